The predicted octanol–water partition coefficient (Wildman–Crippen LogP) is 5.15. The minimum Gasteiger partial charge on any atom is -0.481 e. The number of nitrogens with zero attached hydrogens (tertiary/aromatic N) is 4. The molecule has 5 rings (SSSR count). The van der Waals surface area contributed by atoms with Crippen LogP contribution in [-0.2, 0) is 4.79 Å². The van der Waals surface area contributed by atoms with Crippen molar-refractivity contribution in [1.82, 2.24) is 19.5 Å². The SMILES string of the molecule is C.O=C(O)C1CCC(Nc2ncc3nc(Nc4c(F)cc(F)cc4F)n(C4CCC(O)CC4)c3n2)CC1. The second-order valence-electron chi connectivity index (χ2n) is 9.57. The number of fused-ring (bicyclic) bond motifs is 1. The Morgan fingerprint density at radius 3 is 2.24 bits per heavy atom. The van der Waals surface area contributed by atoms with Crippen LogP contribution in [0, 0.1) is 23.4 Å². The summed E-state index contributed by atoms with van der Waals surface area (Å²) < 4.78 is 44.0. The zero-order valence-electron chi connectivity index (χ0n) is 19.4. The second-order valence-corrected chi connectivity index (χ2v) is 9.57. The second kappa shape index (κ2) is 10.9. The standard InChI is InChI=1S/C24H27F3N6O3.CH4/c25-13-9-17(26)20(18(27)10-13)31-24-30-19-11-28-23(29-14-3-1-12(2-4-14)22(35)36)32-21(19)33(24)15-5-7-16(34)8-6-15;/h9-12,14-16,34H,1-8H2,(H,30,31)(H,35,36)(H,28,29,32);1H4. The lowest BCUT2D eigenvalue weighted by Gasteiger charge is -2.28. The number of rotatable bonds is 6. The molecule has 9 nitrogen and oxygen atoms in total. The average Bonchev–Trinajstić information content (AvgIpc) is 3.19. The number of aliphatic hydroxyl groups excluding tert-OH is 1. The molecule has 0 atom stereocenters. The van der Waals surface area contributed by atoms with Gasteiger partial charge < -0.3 is 20.8 Å². The maximum atomic E-state index is 14.4. The highest BCUT2D eigenvalue weighted by atomic mass is 19.1. The Hall–Kier alpha value is -3.41. The summed E-state index contributed by atoms with van der Waals surface area (Å²) in [4.78, 5) is 24.7. The van der Waals surface area contributed by atoms with E-state index in [-0.39, 0.29) is 31.4 Å². The Labute approximate surface area is 212 Å². The number of halogens is 3. The van der Waals surface area contributed by atoms with E-state index in [0.29, 0.717) is 80.6 Å². The highest BCUT2D eigenvalue weighted by Gasteiger charge is 2.29. The predicted molar refractivity (Wildman–Crippen MR) is 132 cm³/mol. The molecule has 0 bridgehead atoms. The highest BCUT2D eigenvalue weighted by Crippen LogP contribution is 2.36. The molecule has 0 amide bonds. The van der Waals surface area contributed by atoms with Crippen LogP contribution in [0.15, 0.2) is 18.3 Å². The van der Waals surface area contributed by atoms with Gasteiger partial charge in [0.1, 0.15) is 17.0 Å². The first-order valence-electron chi connectivity index (χ1n) is 12.1. The quantitative estimate of drug-likeness (QED) is 0.352. The number of hydrogen-bond donors (Lipinski definition) is 4. The lowest BCUT2D eigenvalue weighted by atomic mass is 9.86. The molecule has 2 heterocycles. The van der Waals surface area contributed by atoms with Gasteiger partial charge in [-0.3, -0.25) is 9.36 Å². The number of aliphatic carboxylic acids is 1. The van der Waals surface area contributed by atoms with Gasteiger partial charge in [-0.1, -0.05) is 7.43 Å². The molecule has 0 radical (unpaired) electrons. The van der Waals surface area contributed by atoms with Gasteiger partial charge in [-0.15, -0.1) is 0 Å². The smallest absolute Gasteiger partial charge is 0.306 e. The molecule has 3 aromatic rings. The molecule has 0 unspecified atom stereocenters. The van der Waals surface area contributed by atoms with Crippen LogP contribution in [0.1, 0.15) is 64.8 Å². The zero-order valence-corrected chi connectivity index (χ0v) is 19.4. The number of aromatic nitrogens is 4. The summed E-state index contributed by atoms with van der Waals surface area (Å²) in [5, 5.41) is 25.1. The van der Waals surface area contributed by atoms with E-state index in [1.54, 1.807) is 4.57 Å². The monoisotopic (exact) mass is 520 g/mol. The number of nitrogens with one attached hydrogen (secondary N) is 2. The van der Waals surface area contributed by atoms with Crippen molar-refractivity contribution < 1.29 is 28.2 Å². The molecule has 37 heavy (non-hydrogen) atoms. The maximum Gasteiger partial charge on any atom is 0.306 e. The molecule has 0 aliphatic heterocycles. The number of carbonyl (C=O) groups is 1. The van der Waals surface area contributed by atoms with E-state index in [9.17, 15) is 28.2 Å². The number of imidazole rings is 1. The molecule has 2 aromatic heterocycles. The topological polar surface area (TPSA) is 125 Å². The van der Waals surface area contributed by atoms with Crippen molar-refractivity contribution >= 4 is 34.7 Å². The lowest BCUT2D eigenvalue weighted by Crippen LogP contribution is -2.30. The van der Waals surface area contributed by atoms with Gasteiger partial charge in [-0.2, -0.15) is 4.98 Å². The number of aliphatic hydroxyl groups is 1. The molecule has 0 spiro atoms. The maximum absolute atomic E-state index is 14.4. The fraction of sp³-hybridized carbons (Fsp3) is 0.520. The van der Waals surface area contributed by atoms with Gasteiger partial charge in [0, 0.05) is 24.2 Å². The molecule has 2 aliphatic rings. The normalized spacial score (nSPS) is 23.9. The Morgan fingerprint density at radius 2 is 1.62 bits per heavy atom. The summed E-state index contributed by atoms with van der Waals surface area (Å²) in [5.74, 6) is -3.82. The van der Waals surface area contributed by atoms with E-state index < -0.39 is 35.2 Å². The highest BCUT2D eigenvalue weighted by molar-refractivity contribution is 5.77. The first-order chi connectivity index (χ1) is 17.3. The van der Waals surface area contributed by atoms with E-state index in [1.807, 2.05) is 0 Å². The minimum atomic E-state index is -1.09. The molecule has 2 fully saturated rings. The molecule has 4 N–H and O–H groups in total. The summed E-state index contributed by atoms with van der Waals surface area (Å²) in [6, 6.07) is 1.08. The van der Waals surface area contributed by atoms with Crippen LogP contribution in [0.2, 0.25) is 0 Å². The van der Waals surface area contributed by atoms with Crippen molar-refractivity contribution in [2.75, 3.05) is 10.6 Å². The van der Waals surface area contributed by atoms with Gasteiger partial charge in [0.15, 0.2) is 17.3 Å². The van der Waals surface area contributed by atoms with Crippen LogP contribution in [0.5, 0.6) is 0 Å². The number of carboxylic acid groups (broad SMARTS) is 1. The summed E-state index contributed by atoms with van der Waals surface area (Å²) in [7, 11) is 0. The first-order valence-corrected chi connectivity index (χ1v) is 12.1. The molecular weight excluding hydrogens is 489 g/mol. The van der Waals surface area contributed by atoms with E-state index in [1.165, 1.54) is 6.20 Å². The van der Waals surface area contributed by atoms with Crippen molar-refractivity contribution in [3.63, 3.8) is 0 Å². The summed E-state index contributed by atoms with van der Waals surface area (Å²) in [6.45, 7) is 0. The summed E-state index contributed by atoms with van der Waals surface area (Å²) >= 11 is 0. The van der Waals surface area contributed by atoms with Gasteiger partial charge in [-0.05, 0) is 51.4 Å². The van der Waals surface area contributed by atoms with Crippen molar-refractivity contribution in [2.45, 2.75) is 77.0 Å². The molecule has 200 valence electrons. The third kappa shape index (κ3) is 5.63. The minimum absolute atomic E-state index is 0. The fourth-order valence-corrected chi connectivity index (χ4v) is 5.15. The van der Waals surface area contributed by atoms with Crippen molar-refractivity contribution in [3.05, 3.63) is 35.8 Å². The largest absolute Gasteiger partial charge is 0.481 e. The summed E-state index contributed by atoms with van der Waals surface area (Å²) in [5.41, 5.74) is 0.343. The van der Waals surface area contributed by atoms with E-state index >= 15 is 0 Å². The third-order valence-electron chi connectivity index (χ3n) is 7.12. The molecule has 2 saturated carbocycles. The summed E-state index contributed by atoms with van der Waals surface area (Å²) in [6.07, 6.45) is 5.95. The fourth-order valence-electron chi connectivity index (χ4n) is 5.15. The van der Waals surface area contributed by atoms with Crippen LogP contribution in [0.25, 0.3) is 11.2 Å². The van der Waals surface area contributed by atoms with Gasteiger partial charge >= 0.3 is 5.97 Å². The molecule has 0 saturated heterocycles. The van der Waals surface area contributed by atoms with Crippen LogP contribution in [-0.4, -0.2) is 47.8 Å². The van der Waals surface area contributed by atoms with Gasteiger partial charge in [0.2, 0.25) is 11.9 Å². The van der Waals surface area contributed by atoms with Crippen molar-refractivity contribution in [3.8, 4) is 0 Å². The zero-order chi connectivity index (χ0) is 25.4. The first kappa shape index (κ1) is 26.6. The number of benzene rings is 1. The third-order valence-corrected chi connectivity index (χ3v) is 7.12. The Bertz CT molecular complexity index is 1250. The Balaban J connectivity index is 0.00000320. The molecule has 2 aliphatic carbocycles. The number of anilines is 3. The molecule has 1 aromatic carbocycles. The van der Waals surface area contributed by atoms with Crippen LogP contribution in [0.3, 0.4) is 0 Å². The molecular formula is C25H31F3N6O3. The van der Waals surface area contributed by atoms with Gasteiger partial charge in [-0.25, -0.2) is 23.1 Å². The van der Waals surface area contributed by atoms with Crippen molar-refractivity contribution in [2.24, 2.45) is 5.92 Å². The lowest BCUT2D eigenvalue weighted by molar-refractivity contribution is -0.142. The number of hydrogen-bond acceptors (Lipinski definition) is 7. The van der Waals surface area contributed by atoms with Crippen LogP contribution < -0.4 is 10.6 Å². The van der Waals surface area contributed by atoms with Crippen LogP contribution >= 0.6 is 0 Å². The van der Waals surface area contributed by atoms with E-state index in [4.69, 9.17) is 0 Å². The average molecular weight is 521 g/mol. The van der Waals surface area contributed by atoms with E-state index in [2.05, 4.69) is 25.6 Å². The van der Waals surface area contributed by atoms with Gasteiger partial charge in [0.05, 0.1) is 18.2 Å². The molecule has 12 heteroatoms. The van der Waals surface area contributed by atoms with Gasteiger partial charge in [0.25, 0.3) is 0 Å². The van der Waals surface area contributed by atoms with E-state index in [0.717, 1.165) is 0 Å². The number of carboxylic acids is 1. The van der Waals surface area contributed by atoms with Crippen molar-refractivity contribution in [1.29, 1.82) is 0 Å². The van der Waals surface area contributed by atoms with Crippen LogP contribution in [0.4, 0.5) is 30.8 Å². The Morgan fingerprint density at radius 1 is 0.973 bits per heavy atom. The Kier molecular flexibility index (Phi) is 7.86.